The van der Waals surface area contributed by atoms with Gasteiger partial charge in [-0.25, -0.2) is 0 Å². The lowest BCUT2D eigenvalue weighted by molar-refractivity contribution is -0.0512. The second-order valence-corrected chi connectivity index (χ2v) is 4.57. The molecule has 0 atom stereocenters. The molecule has 1 aromatic rings. The minimum atomic E-state index is -2.89. The zero-order valence-electron chi connectivity index (χ0n) is 13.2. The highest BCUT2D eigenvalue weighted by Gasteiger charge is 2.11. The number of methoxy groups -OCH3 is 1. The van der Waals surface area contributed by atoms with Gasteiger partial charge in [-0.05, 0) is 24.1 Å². The number of hydrogen-bond donors (Lipinski definition) is 2. The molecule has 0 radical (unpaired) electrons. The first-order chi connectivity index (χ1) is 10.6. The van der Waals surface area contributed by atoms with Crippen LogP contribution in [0.15, 0.2) is 23.2 Å². The second kappa shape index (κ2) is 9.81. The van der Waals surface area contributed by atoms with E-state index < -0.39 is 6.61 Å². The zero-order chi connectivity index (χ0) is 16.4. The summed E-state index contributed by atoms with van der Waals surface area (Å²) in [6.07, 6.45) is 2.15. The van der Waals surface area contributed by atoms with Gasteiger partial charge >= 0.3 is 6.61 Å². The third kappa shape index (κ3) is 6.15. The summed E-state index contributed by atoms with van der Waals surface area (Å²) in [4.78, 5) is 4.10. The average molecular weight is 315 g/mol. The Morgan fingerprint density at radius 1 is 1.27 bits per heavy atom. The normalized spacial score (nSPS) is 11.5. The summed E-state index contributed by atoms with van der Waals surface area (Å²) < 4.78 is 34.2. The van der Waals surface area contributed by atoms with Crippen LogP contribution in [0.2, 0.25) is 0 Å². The first-order valence-electron chi connectivity index (χ1n) is 7.17. The molecule has 0 aromatic heterocycles. The highest BCUT2D eigenvalue weighted by atomic mass is 19.3. The molecule has 2 N–H and O–H groups in total. The molecule has 5 nitrogen and oxygen atoms in total. The van der Waals surface area contributed by atoms with E-state index in [0.717, 1.165) is 24.9 Å². The van der Waals surface area contributed by atoms with Gasteiger partial charge in [-0.2, -0.15) is 8.78 Å². The summed E-state index contributed by atoms with van der Waals surface area (Å²) >= 11 is 0. The fourth-order valence-electron chi connectivity index (χ4n) is 1.81. The van der Waals surface area contributed by atoms with Gasteiger partial charge in [-0.3, -0.25) is 4.99 Å². The molecule has 0 aliphatic rings. The molecule has 22 heavy (non-hydrogen) atoms. The number of guanidine groups is 1. The van der Waals surface area contributed by atoms with Crippen molar-refractivity contribution in [2.75, 3.05) is 20.7 Å². The molecule has 0 aliphatic heterocycles. The maximum Gasteiger partial charge on any atom is 0.387 e. The highest BCUT2D eigenvalue weighted by molar-refractivity contribution is 5.79. The third-order valence-corrected chi connectivity index (χ3v) is 2.95. The first-order valence-corrected chi connectivity index (χ1v) is 7.17. The van der Waals surface area contributed by atoms with E-state index >= 15 is 0 Å². The summed E-state index contributed by atoms with van der Waals surface area (Å²) in [5.41, 5.74) is 0.787. The summed E-state index contributed by atoms with van der Waals surface area (Å²) in [6, 6.07) is 4.91. The second-order valence-electron chi connectivity index (χ2n) is 4.57. The summed E-state index contributed by atoms with van der Waals surface area (Å²) in [7, 11) is 3.09. The van der Waals surface area contributed by atoms with Crippen LogP contribution in [-0.2, 0) is 6.54 Å². The van der Waals surface area contributed by atoms with Crippen molar-refractivity contribution in [3.05, 3.63) is 23.8 Å². The van der Waals surface area contributed by atoms with Crippen LogP contribution in [0.3, 0.4) is 0 Å². The molecular weight excluding hydrogens is 292 g/mol. The van der Waals surface area contributed by atoms with E-state index in [1.54, 1.807) is 19.2 Å². The zero-order valence-corrected chi connectivity index (χ0v) is 13.2. The molecule has 1 rings (SSSR count). The summed E-state index contributed by atoms with van der Waals surface area (Å²) in [6.45, 7) is 0.494. The van der Waals surface area contributed by atoms with Crippen molar-refractivity contribution in [2.24, 2.45) is 4.99 Å². The number of halogens is 2. The minimum absolute atomic E-state index is 0.0192. The number of rotatable bonds is 8. The highest BCUT2D eigenvalue weighted by Crippen LogP contribution is 2.29. The largest absolute Gasteiger partial charge is 0.493 e. The molecule has 124 valence electrons. The Morgan fingerprint density at radius 2 is 2.05 bits per heavy atom. The van der Waals surface area contributed by atoms with Crippen molar-refractivity contribution in [2.45, 2.75) is 32.9 Å². The molecule has 7 heteroatoms. The lowest BCUT2D eigenvalue weighted by Crippen LogP contribution is -2.37. The maximum absolute atomic E-state index is 12.4. The molecule has 0 amide bonds. The summed E-state index contributed by atoms with van der Waals surface area (Å²) in [5.74, 6) is 0.959. The van der Waals surface area contributed by atoms with Crippen LogP contribution < -0.4 is 20.1 Å². The average Bonchev–Trinajstić information content (AvgIpc) is 2.50. The Hall–Kier alpha value is -2.05. The molecule has 0 aliphatic carbocycles. The van der Waals surface area contributed by atoms with Crippen LogP contribution in [0.25, 0.3) is 0 Å². The number of hydrogen-bond acceptors (Lipinski definition) is 3. The van der Waals surface area contributed by atoms with E-state index in [1.165, 1.54) is 13.2 Å². The van der Waals surface area contributed by atoms with Crippen molar-refractivity contribution >= 4 is 5.96 Å². The fourth-order valence-corrected chi connectivity index (χ4v) is 1.81. The minimum Gasteiger partial charge on any atom is -0.493 e. The summed E-state index contributed by atoms with van der Waals surface area (Å²) in [5, 5.41) is 6.29. The van der Waals surface area contributed by atoms with Gasteiger partial charge in [0, 0.05) is 20.1 Å². The molecule has 0 saturated carbocycles. The van der Waals surface area contributed by atoms with Crippen LogP contribution in [0.4, 0.5) is 8.78 Å². The molecule has 0 heterocycles. The van der Waals surface area contributed by atoms with Crippen molar-refractivity contribution in [1.82, 2.24) is 10.6 Å². The van der Waals surface area contributed by atoms with Crippen molar-refractivity contribution in [1.29, 1.82) is 0 Å². The lowest BCUT2D eigenvalue weighted by atomic mass is 10.2. The number of nitrogens with one attached hydrogen (secondary N) is 2. The van der Waals surface area contributed by atoms with Gasteiger partial charge < -0.3 is 20.1 Å². The lowest BCUT2D eigenvalue weighted by Gasteiger charge is -2.14. The van der Waals surface area contributed by atoms with Crippen molar-refractivity contribution in [3.8, 4) is 11.5 Å². The molecule has 0 spiro atoms. The van der Waals surface area contributed by atoms with Gasteiger partial charge in [-0.1, -0.05) is 19.4 Å². The van der Waals surface area contributed by atoms with E-state index in [-0.39, 0.29) is 11.5 Å². The predicted octanol–water partition coefficient (Wildman–Crippen LogP) is 2.76. The van der Waals surface area contributed by atoms with Gasteiger partial charge in [0.05, 0.1) is 7.11 Å². The van der Waals surface area contributed by atoms with Crippen molar-refractivity contribution < 1.29 is 18.3 Å². The van der Waals surface area contributed by atoms with Crippen LogP contribution in [0, 0.1) is 0 Å². The number of alkyl halides is 2. The van der Waals surface area contributed by atoms with E-state index in [4.69, 9.17) is 4.74 Å². The van der Waals surface area contributed by atoms with E-state index in [9.17, 15) is 8.78 Å². The van der Waals surface area contributed by atoms with E-state index in [0.29, 0.717) is 12.5 Å². The predicted molar refractivity (Wildman–Crippen MR) is 82.7 cm³/mol. The first kappa shape index (κ1) is 18.0. The SMILES string of the molecule is CCCCNC(=NC)NCc1ccc(OC)c(OC(F)F)c1. The molecule has 0 saturated heterocycles. The molecular formula is C15H23F2N3O2. The third-order valence-electron chi connectivity index (χ3n) is 2.95. The van der Waals surface area contributed by atoms with E-state index in [1.807, 2.05) is 0 Å². The monoisotopic (exact) mass is 315 g/mol. The van der Waals surface area contributed by atoms with Crippen LogP contribution in [-0.4, -0.2) is 33.3 Å². The van der Waals surface area contributed by atoms with Gasteiger partial charge in [-0.15, -0.1) is 0 Å². The quantitative estimate of drug-likeness (QED) is 0.440. The van der Waals surface area contributed by atoms with Crippen LogP contribution in [0.1, 0.15) is 25.3 Å². The topological polar surface area (TPSA) is 54.9 Å². The Balaban J connectivity index is 2.65. The Kier molecular flexibility index (Phi) is 8.03. The standard InChI is InChI=1S/C15H23F2N3O2/c1-4-5-8-19-15(18-2)20-10-11-6-7-12(21-3)13(9-11)22-14(16)17/h6-7,9,14H,4-5,8,10H2,1-3H3,(H2,18,19,20). The molecule has 0 fully saturated rings. The Labute approximate surface area is 129 Å². The van der Waals surface area contributed by atoms with Gasteiger partial charge in [0.2, 0.25) is 0 Å². The Bertz CT molecular complexity index is 482. The maximum atomic E-state index is 12.4. The van der Waals surface area contributed by atoms with Gasteiger partial charge in [0.1, 0.15) is 0 Å². The van der Waals surface area contributed by atoms with Crippen molar-refractivity contribution in [3.63, 3.8) is 0 Å². The molecule has 0 bridgehead atoms. The van der Waals surface area contributed by atoms with Gasteiger partial charge in [0.15, 0.2) is 17.5 Å². The molecule has 0 unspecified atom stereocenters. The smallest absolute Gasteiger partial charge is 0.387 e. The number of ether oxygens (including phenoxy) is 2. The number of nitrogens with zero attached hydrogens (tertiary/aromatic N) is 1. The Morgan fingerprint density at radius 3 is 2.64 bits per heavy atom. The van der Waals surface area contributed by atoms with E-state index in [2.05, 4.69) is 27.3 Å². The fraction of sp³-hybridized carbons (Fsp3) is 0.533. The molecule has 1 aromatic carbocycles. The number of aliphatic imine (C=N–C) groups is 1. The van der Waals surface area contributed by atoms with Crippen LogP contribution in [0.5, 0.6) is 11.5 Å². The van der Waals surface area contributed by atoms with Crippen LogP contribution >= 0.6 is 0 Å². The number of benzene rings is 1. The van der Waals surface area contributed by atoms with Gasteiger partial charge in [0.25, 0.3) is 0 Å². The number of unbranched alkanes of at least 4 members (excludes halogenated alkanes) is 1.